The van der Waals surface area contributed by atoms with Crippen LogP contribution in [0.15, 0.2) is 52.4 Å². The third kappa shape index (κ3) is 5.04. The molecular weight excluding hydrogens is 378 g/mol. The van der Waals surface area contributed by atoms with Gasteiger partial charge in [-0.2, -0.15) is 0 Å². The summed E-state index contributed by atoms with van der Waals surface area (Å²) in [5, 5.41) is 2.69. The monoisotopic (exact) mass is 393 g/mol. The number of rotatable bonds is 6. The Morgan fingerprint density at radius 3 is 2.96 bits per heavy atom. The molecule has 1 aromatic carbocycles. The normalized spacial score (nSPS) is 11.3. The number of aromatic nitrogens is 1. The van der Waals surface area contributed by atoms with Crippen LogP contribution >= 0.6 is 27.3 Å². The molecule has 2 rings (SSSR count). The molecule has 0 saturated heterocycles. The van der Waals surface area contributed by atoms with E-state index in [2.05, 4.69) is 20.9 Å². The summed E-state index contributed by atoms with van der Waals surface area (Å²) < 4.78 is 11.5. The molecular formula is C17H16BrNO3S. The predicted octanol–water partition coefficient (Wildman–Crippen LogP) is 4.76. The highest BCUT2D eigenvalue weighted by Crippen LogP contribution is 2.34. The number of carbonyl (C=O) groups is 1. The van der Waals surface area contributed by atoms with Gasteiger partial charge in [-0.25, -0.2) is 9.78 Å². The number of ether oxygens (including phenoxy) is 2. The fraction of sp³-hybridized carbons (Fsp3) is 0.176. The summed E-state index contributed by atoms with van der Waals surface area (Å²) in [6.45, 7) is 2.02. The van der Waals surface area contributed by atoms with E-state index >= 15 is 0 Å². The lowest BCUT2D eigenvalue weighted by Gasteiger charge is -2.06. The molecule has 120 valence electrons. The number of benzene rings is 1. The molecule has 6 heteroatoms. The van der Waals surface area contributed by atoms with Gasteiger partial charge >= 0.3 is 5.97 Å². The zero-order chi connectivity index (χ0) is 16.7. The van der Waals surface area contributed by atoms with Crippen molar-refractivity contribution in [1.82, 2.24) is 4.98 Å². The third-order valence-corrected chi connectivity index (χ3v) is 4.26. The largest absolute Gasteiger partial charge is 0.496 e. The fourth-order valence-electron chi connectivity index (χ4n) is 1.78. The molecule has 0 radical (unpaired) electrons. The first kappa shape index (κ1) is 17.4. The number of nitrogens with zero attached hydrogens (tertiary/aromatic N) is 1. The molecule has 0 aliphatic heterocycles. The number of allylic oxidation sites excluding steroid dienone is 3. The van der Waals surface area contributed by atoms with Crippen molar-refractivity contribution in [1.29, 1.82) is 0 Å². The molecule has 4 nitrogen and oxygen atoms in total. The average molecular weight is 394 g/mol. The van der Waals surface area contributed by atoms with E-state index in [0.717, 1.165) is 20.8 Å². The molecule has 1 heterocycles. The van der Waals surface area contributed by atoms with Gasteiger partial charge in [0.2, 0.25) is 0 Å². The first-order chi connectivity index (χ1) is 11.1. The van der Waals surface area contributed by atoms with Gasteiger partial charge in [0, 0.05) is 15.9 Å². The van der Waals surface area contributed by atoms with Gasteiger partial charge in [0.25, 0.3) is 0 Å². The Labute approximate surface area is 147 Å². The summed E-state index contributed by atoms with van der Waals surface area (Å²) in [6, 6.07) is 5.75. The van der Waals surface area contributed by atoms with E-state index in [1.54, 1.807) is 19.3 Å². The summed E-state index contributed by atoms with van der Waals surface area (Å²) in [6.07, 6.45) is 6.62. The van der Waals surface area contributed by atoms with Crippen LogP contribution in [0.4, 0.5) is 0 Å². The van der Waals surface area contributed by atoms with Crippen LogP contribution in [0.2, 0.25) is 0 Å². The second-order valence-corrected chi connectivity index (χ2v) is 6.25. The predicted molar refractivity (Wildman–Crippen MR) is 95.6 cm³/mol. The van der Waals surface area contributed by atoms with E-state index in [0.29, 0.717) is 5.69 Å². The van der Waals surface area contributed by atoms with E-state index in [9.17, 15) is 4.79 Å². The minimum atomic E-state index is -0.391. The van der Waals surface area contributed by atoms with Crippen LogP contribution in [0.25, 0.3) is 10.6 Å². The molecule has 23 heavy (non-hydrogen) atoms. The van der Waals surface area contributed by atoms with Crippen molar-refractivity contribution < 1.29 is 14.3 Å². The molecule has 0 atom stereocenters. The molecule has 0 spiro atoms. The number of esters is 1. The van der Waals surface area contributed by atoms with Crippen molar-refractivity contribution in [3.8, 4) is 16.3 Å². The smallest absolute Gasteiger partial charge is 0.331 e. The fourth-order valence-corrected chi connectivity index (χ4v) is 2.97. The Kier molecular flexibility index (Phi) is 6.55. The first-order valence-electron chi connectivity index (χ1n) is 6.88. The van der Waals surface area contributed by atoms with Crippen LogP contribution in [0, 0.1) is 0 Å². The highest BCUT2D eigenvalue weighted by Gasteiger charge is 2.11. The van der Waals surface area contributed by atoms with Crippen LogP contribution < -0.4 is 4.74 Å². The maximum atomic E-state index is 11.5. The van der Waals surface area contributed by atoms with Crippen molar-refractivity contribution in [2.75, 3.05) is 7.11 Å². The summed E-state index contributed by atoms with van der Waals surface area (Å²) in [5.74, 6) is 0.359. The number of halogens is 1. The molecule has 0 amide bonds. The van der Waals surface area contributed by atoms with Gasteiger partial charge in [0.1, 0.15) is 17.4 Å². The summed E-state index contributed by atoms with van der Waals surface area (Å²) >= 11 is 4.93. The lowest BCUT2D eigenvalue weighted by Crippen LogP contribution is -2.00. The van der Waals surface area contributed by atoms with Crippen LogP contribution in [0.3, 0.4) is 0 Å². The molecule has 0 unspecified atom stereocenters. The van der Waals surface area contributed by atoms with Crippen molar-refractivity contribution in [2.24, 2.45) is 0 Å². The van der Waals surface area contributed by atoms with E-state index in [1.165, 1.54) is 17.4 Å². The van der Waals surface area contributed by atoms with E-state index in [-0.39, 0.29) is 6.61 Å². The van der Waals surface area contributed by atoms with Gasteiger partial charge in [-0.1, -0.05) is 34.2 Å². The molecule has 1 aromatic heterocycles. The van der Waals surface area contributed by atoms with Gasteiger partial charge in [-0.05, 0) is 25.1 Å². The zero-order valence-corrected chi connectivity index (χ0v) is 15.2. The van der Waals surface area contributed by atoms with Crippen molar-refractivity contribution in [3.05, 3.63) is 58.0 Å². The number of thiazole rings is 1. The molecule has 0 aliphatic carbocycles. The van der Waals surface area contributed by atoms with Gasteiger partial charge in [-0.15, -0.1) is 11.3 Å². The molecule has 0 aliphatic rings. The number of methoxy groups -OCH3 is 1. The van der Waals surface area contributed by atoms with Gasteiger partial charge in [0.15, 0.2) is 0 Å². The Morgan fingerprint density at radius 1 is 1.39 bits per heavy atom. The van der Waals surface area contributed by atoms with Gasteiger partial charge in [-0.3, -0.25) is 0 Å². The van der Waals surface area contributed by atoms with E-state index in [4.69, 9.17) is 9.47 Å². The van der Waals surface area contributed by atoms with Crippen LogP contribution in [-0.4, -0.2) is 18.1 Å². The first-order valence-corrected chi connectivity index (χ1v) is 8.55. The highest BCUT2D eigenvalue weighted by molar-refractivity contribution is 9.10. The summed E-state index contributed by atoms with van der Waals surface area (Å²) in [7, 11) is 1.63. The number of carbonyl (C=O) groups excluding carboxylic acids is 1. The van der Waals surface area contributed by atoms with Crippen LogP contribution in [-0.2, 0) is 16.1 Å². The van der Waals surface area contributed by atoms with Gasteiger partial charge in [0.05, 0.1) is 18.4 Å². The lowest BCUT2D eigenvalue weighted by molar-refractivity contribution is -0.139. The molecule has 0 fully saturated rings. The van der Waals surface area contributed by atoms with Crippen LogP contribution in [0.5, 0.6) is 5.75 Å². The Bertz CT molecular complexity index is 737. The second kappa shape index (κ2) is 8.64. The average Bonchev–Trinajstić information content (AvgIpc) is 3.02. The number of hydrogen-bond donors (Lipinski definition) is 0. The third-order valence-electron chi connectivity index (χ3n) is 2.84. The number of hydrogen-bond acceptors (Lipinski definition) is 5. The standard InChI is InChI=1S/C17H16BrNO3S/c1-3-4-5-6-16(20)22-10-13-11-23-17(19-13)14-9-12(18)7-8-15(14)21-2/h3-9,11H,10H2,1-2H3/b4-3+,6-5+. The Hall–Kier alpha value is -1.92. The highest BCUT2D eigenvalue weighted by atomic mass is 79.9. The second-order valence-electron chi connectivity index (χ2n) is 4.48. The minimum Gasteiger partial charge on any atom is -0.496 e. The van der Waals surface area contributed by atoms with Crippen molar-refractivity contribution in [3.63, 3.8) is 0 Å². The quantitative estimate of drug-likeness (QED) is 0.403. The molecule has 2 aromatic rings. The summed E-state index contributed by atoms with van der Waals surface area (Å²) in [5.41, 5.74) is 1.61. The Morgan fingerprint density at radius 2 is 2.22 bits per heavy atom. The van der Waals surface area contributed by atoms with Gasteiger partial charge < -0.3 is 9.47 Å². The Balaban J connectivity index is 2.06. The minimum absolute atomic E-state index is 0.145. The SMILES string of the molecule is C/C=C/C=C/C(=O)OCc1csc(-c2cc(Br)ccc2OC)n1. The zero-order valence-electron chi connectivity index (χ0n) is 12.8. The molecule has 0 saturated carbocycles. The molecule has 0 bridgehead atoms. The van der Waals surface area contributed by atoms with Crippen LogP contribution in [0.1, 0.15) is 12.6 Å². The maximum absolute atomic E-state index is 11.5. The maximum Gasteiger partial charge on any atom is 0.331 e. The van der Waals surface area contributed by atoms with E-state index < -0.39 is 5.97 Å². The lowest BCUT2D eigenvalue weighted by atomic mass is 10.2. The summed E-state index contributed by atoms with van der Waals surface area (Å²) in [4.78, 5) is 16.0. The van der Waals surface area contributed by atoms with Crippen molar-refractivity contribution >= 4 is 33.2 Å². The topological polar surface area (TPSA) is 48.4 Å². The van der Waals surface area contributed by atoms with Crippen molar-refractivity contribution in [2.45, 2.75) is 13.5 Å². The molecule has 0 N–H and O–H groups in total. The van der Waals surface area contributed by atoms with E-state index in [1.807, 2.05) is 36.6 Å².